The Kier molecular flexibility index (Phi) is 5.85. The maximum absolute atomic E-state index is 12.7. The molecule has 0 aliphatic heterocycles. The van der Waals surface area contributed by atoms with Crippen LogP contribution in [0.3, 0.4) is 0 Å². The van der Waals surface area contributed by atoms with E-state index < -0.39 is 12.1 Å². The van der Waals surface area contributed by atoms with Gasteiger partial charge in [0.25, 0.3) is 5.91 Å². The van der Waals surface area contributed by atoms with Gasteiger partial charge >= 0.3 is 5.97 Å². The van der Waals surface area contributed by atoms with Crippen LogP contribution in [0.25, 0.3) is 22.1 Å². The molecule has 4 rings (SSSR count). The van der Waals surface area contributed by atoms with Crippen LogP contribution in [0.4, 0.5) is 5.69 Å². The number of anilines is 1. The zero-order valence-electron chi connectivity index (χ0n) is 17.4. The summed E-state index contributed by atoms with van der Waals surface area (Å²) in [5.74, 6) is -0.869. The number of hydrogen-bond donors (Lipinski definition) is 1. The van der Waals surface area contributed by atoms with Gasteiger partial charge in [-0.3, -0.25) is 9.59 Å². The van der Waals surface area contributed by atoms with Gasteiger partial charge in [0, 0.05) is 22.2 Å². The van der Waals surface area contributed by atoms with Crippen LogP contribution in [-0.2, 0) is 20.7 Å². The van der Waals surface area contributed by atoms with Crippen LogP contribution in [0.15, 0.2) is 83.5 Å². The largest absolute Gasteiger partial charge is 0.464 e. The number of carbonyl (C=O) groups excluding carboxylic acids is 2. The molecule has 1 N–H and O–H groups in total. The zero-order chi connectivity index (χ0) is 21.8. The van der Waals surface area contributed by atoms with Crippen LogP contribution in [-0.4, -0.2) is 18.0 Å². The predicted molar refractivity (Wildman–Crippen MR) is 121 cm³/mol. The summed E-state index contributed by atoms with van der Waals surface area (Å²) in [7, 11) is 0. The van der Waals surface area contributed by atoms with Gasteiger partial charge in [-0.05, 0) is 37.1 Å². The van der Waals surface area contributed by atoms with E-state index in [2.05, 4.69) is 5.32 Å². The average molecular weight is 413 g/mol. The van der Waals surface area contributed by atoms with Crippen molar-refractivity contribution in [3.8, 4) is 11.1 Å². The molecule has 156 valence electrons. The fourth-order valence-electron chi connectivity index (χ4n) is 3.47. The molecule has 0 fully saturated rings. The van der Waals surface area contributed by atoms with Gasteiger partial charge in [0.1, 0.15) is 5.58 Å². The number of para-hydroxylation sites is 1. The second-order valence-electron chi connectivity index (χ2n) is 7.47. The molecule has 1 aromatic heterocycles. The van der Waals surface area contributed by atoms with Crippen molar-refractivity contribution >= 4 is 28.5 Å². The summed E-state index contributed by atoms with van der Waals surface area (Å²) in [5.41, 5.74) is 5.10. The molecular formula is C26H23NO4. The third kappa shape index (κ3) is 4.67. The van der Waals surface area contributed by atoms with E-state index in [1.807, 2.05) is 79.7 Å². The van der Waals surface area contributed by atoms with E-state index in [-0.39, 0.29) is 12.3 Å². The van der Waals surface area contributed by atoms with Crippen molar-refractivity contribution in [3.05, 3.63) is 90.2 Å². The molecule has 0 saturated carbocycles. The number of ether oxygens (including phenoxy) is 1. The number of aryl methyl sites for hydroxylation is 1. The van der Waals surface area contributed by atoms with Crippen LogP contribution in [0.5, 0.6) is 0 Å². The van der Waals surface area contributed by atoms with Gasteiger partial charge in [0.2, 0.25) is 0 Å². The molecule has 1 heterocycles. The molecule has 0 aliphatic carbocycles. The topological polar surface area (TPSA) is 68.5 Å². The molecule has 3 aromatic carbocycles. The lowest BCUT2D eigenvalue weighted by Gasteiger charge is -2.16. The van der Waals surface area contributed by atoms with E-state index in [1.54, 1.807) is 13.2 Å². The van der Waals surface area contributed by atoms with Crippen molar-refractivity contribution in [1.29, 1.82) is 0 Å². The van der Waals surface area contributed by atoms with Crippen LogP contribution < -0.4 is 5.32 Å². The van der Waals surface area contributed by atoms with Crippen LogP contribution in [0.2, 0.25) is 0 Å². The number of nitrogens with one attached hydrogen (secondary N) is 1. The molecule has 0 unspecified atom stereocenters. The molecule has 4 aromatic rings. The van der Waals surface area contributed by atoms with Gasteiger partial charge < -0.3 is 14.5 Å². The van der Waals surface area contributed by atoms with Gasteiger partial charge in [-0.25, -0.2) is 0 Å². The average Bonchev–Trinajstić information content (AvgIpc) is 3.16. The number of furan rings is 1. The van der Waals surface area contributed by atoms with Gasteiger partial charge in [-0.15, -0.1) is 0 Å². The Hall–Kier alpha value is -3.86. The van der Waals surface area contributed by atoms with E-state index >= 15 is 0 Å². The minimum atomic E-state index is -0.934. The minimum Gasteiger partial charge on any atom is -0.464 e. The van der Waals surface area contributed by atoms with E-state index in [0.29, 0.717) is 5.69 Å². The first-order chi connectivity index (χ1) is 15.0. The molecule has 31 heavy (non-hydrogen) atoms. The summed E-state index contributed by atoms with van der Waals surface area (Å²) in [6.45, 7) is 3.54. The van der Waals surface area contributed by atoms with Crippen molar-refractivity contribution in [2.45, 2.75) is 26.4 Å². The highest BCUT2D eigenvalue weighted by Gasteiger charge is 2.20. The Balaban J connectivity index is 1.42. The standard InChI is InChI=1S/C26H23NO4/c1-17-12-13-22-20(16-30-24(22)14-17)15-25(28)31-18(2)26(29)27-23-11-7-6-10-21(23)19-8-4-3-5-9-19/h3-14,16,18H,15H2,1-2H3,(H,27,29)/t18-/m0/s1. The highest BCUT2D eigenvalue weighted by molar-refractivity contribution is 5.98. The molecule has 0 bridgehead atoms. The molecule has 0 aliphatic rings. The lowest BCUT2D eigenvalue weighted by molar-refractivity contribution is -0.152. The molecule has 0 radical (unpaired) electrons. The SMILES string of the molecule is Cc1ccc2c(CC(=O)O[C@@H](C)C(=O)Nc3ccccc3-c3ccccc3)coc2c1. The van der Waals surface area contributed by atoms with E-state index in [0.717, 1.165) is 33.2 Å². The molecule has 1 atom stereocenters. The Morgan fingerprint density at radius 2 is 1.74 bits per heavy atom. The van der Waals surface area contributed by atoms with Crippen molar-refractivity contribution < 1.29 is 18.7 Å². The smallest absolute Gasteiger partial charge is 0.311 e. The molecule has 0 saturated heterocycles. The number of carbonyl (C=O) groups is 2. The second-order valence-corrected chi connectivity index (χ2v) is 7.47. The minimum absolute atomic E-state index is 0.0360. The Morgan fingerprint density at radius 3 is 2.55 bits per heavy atom. The molecule has 5 nitrogen and oxygen atoms in total. The predicted octanol–water partition coefficient (Wildman–Crippen LogP) is 5.52. The number of amides is 1. The van der Waals surface area contributed by atoms with Gasteiger partial charge in [-0.1, -0.05) is 60.7 Å². The van der Waals surface area contributed by atoms with E-state index in [9.17, 15) is 9.59 Å². The molecule has 0 spiro atoms. The normalized spacial score (nSPS) is 11.8. The summed E-state index contributed by atoms with van der Waals surface area (Å²) >= 11 is 0. The monoisotopic (exact) mass is 413 g/mol. The van der Waals surface area contributed by atoms with Crippen LogP contribution >= 0.6 is 0 Å². The molecule has 5 heteroatoms. The third-order valence-electron chi connectivity index (χ3n) is 5.09. The van der Waals surface area contributed by atoms with E-state index in [4.69, 9.17) is 9.15 Å². The van der Waals surface area contributed by atoms with Crippen molar-refractivity contribution in [2.24, 2.45) is 0 Å². The lowest BCUT2D eigenvalue weighted by Crippen LogP contribution is -2.30. The summed E-state index contributed by atoms with van der Waals surface area (Å²) in [5, 5.41) is 3.75. The third-order valence-corrected chi connectivity index (χ3v) is 5.09. The summed E-state index contributed by atoms with van der Waals surface area (Å²) in [4.78, 5) is 25.1. The van der Waals surface area contributed by atoms with Crippen LogP contribution in [0, 0.1) is 6.92 Å². The zero-order valence-corrected chi connectivity index (χ0v) is 17.4. The maximum atomic E-state index is 12.7. The number of esters is 1. The number of benzene rings is 3. The quantitative estimate of drug-likeness (QED) is 0.423. The molecule has 1 amide bonds. The Labute approximate surface area is 180 Å². The first-order valence-corrected chi connectivity index (χ1v) is 10.1. The summed E-state index contributed by atoms with van der Waals surface area (Å²) in [6, 6.07) is 23.1. The van der Waals surface area contributed by atoms with Gasteiger partial charge in [-0.2, -0.15) is 0 Å². The number of hydrogen-bond acceptors (Lipinski definition) is 4. The van der Waals surface area contributed by atoms with Crippen molar-refractivity contribution in [2.75, 3.05) is 5.32 Å². The summed E-state index contributed by atoms with van der Waals surface area (Å²) < 4.78 is 10.9. The molecular weight excluding hydrogens is 390 g/mol. The highest BCUT2D eigenvalue weighted by atomic mass is 16.5. The van der Waals surface area contributed by atoms with Crippen molar-refractivity contribution in [3.63, 3.8) is 0 Å². The Morgan fingerprint density at radius 1 is 1.00 bits per heavy atom. The Bertz CT molecular complexity index is 1230. The van der Waals surface area contributed by atoms with Gasteiger partial charge in [0.05, 0.1) is 12.7 Å². The fourth-order valence-corrected chi connectivity index (χ4v) is 3.47. The second kappa shape index (κ2) is 8.88. The number of rotatable bonds is 6. The number of fused-ring (bicyclic) bond motifs is 1. The first-order valence-electron chi connectivity index (χ1n) is 10.1. The van der Waals surface area contributed by atoms with Crippen molar-refractivity contribution in [1.82, 2.24) is 0 Å². The highest BCUT2D eigenvalue weighted by Crippen LogP contribution is 2.28. The van der Waals surface area contributed by atoms with Crippen LogP contribution in [0.1, 0.15) is 18.1 Å². The summed E-state index contributed by atoms with van der Waals surface area (Å²) in [6.07, 6.45) is 0.664. The van der Waals surface area contributed by atoms with Gasteiger partial charge in [0.15, 0.2) is 6.10 Å². The lowest BCUT2D eigenvalue weighted by atomic mass is 10.0. The maximum Gasteiger partial charge on any atom is 0.311 e. The fraction of sp³-hybridized carbons (Fsp3) is 0.154. The first kappa shape index (κ1) is 20.4. The van der Waals surface area contributed by atoms with E-state index in [1.165, 1.54) is 0 Å².